The number of aromatic nitrogens is 2. The molecule has 0 aromatic carbocycles. The molecule has 4 heteroatoms. The third kappa shape index (κ3) is 1.07. The van der Waals surface area contributed by atoms with Crippen LogP contribution in [0, 0.1) is 0 Å². The average molecular weight is 176 g/mol. The second kappa shape index (κ2) is 2.58. The third-order valence-electron chi connectivity index (χ3n) is 2.06. The lowest BCUT2D eigenvalue weighted by Crippen LogP contribution is -2.03. The lowest BCUT2D eigenvalue weighted by atomic mass is 10.3. The van der Waals surface area contributed by atoms with Crippen molar-refractivity contribution in [3.8, 4) is 0 Å². The minimum absolute atomic E-state index is 0.281. The van der Waals surface area contributed by atoms with Gasteiger partial charge in [-0.25, -0.2) is 4.79 Å². The monoisotopic (exact) mass is 176 g/mol. The van der Waals surface area contributed by atoms with Crippen LogP contribution in [0.1, 0.15) is 10.5 Å². The van der Waals surface area contributed by atoms with Gasteiger partial charge in [0.2, 0.25) is 0 Å². The van der Waals surface area contributed by atoms with Crippen LogP contribution < -0.4 is 0 Å². The Kier molecular flexibility index (Phi) is 1.55. The van der Waals surface area contributed by atoms with Crippen molar-refractivity contribution in [1.82, 2.24) is 9.55 Å². The van der Waals surface area contributed by atoms with Crippen LogP contribution in [0.4, 0.5) is 0 Å². The molecule has 0 bridgehead atoms. The van der Waals surface area contributed by atoms with Crippen molar-refractivity contribution in [2.45, 2.75) is 0 Å². The van der Waals surface area contributed by atoms with Gasteiger partial charge in [0.1, 0.15) is 5.69 Å². The molecular formula is C9H8N2O2. The van der Waals surface area contributed by atoms with Gasteiger partial charge in [-0.15, -0.1) is 0 Å². The van der Waals surface area contributed by atoms with Crippen molar-refractivity contribution >= 4 is 16.9 Å². The standard InChI is InChI=1S/C9H8N2O2/c1-11-7-2-3-10-5-6(7)4-8(11)9(12)13/h2-5H,1H3,(H,12,13). The van der Waals surface area contributed by atoms with E-state index in [0.29, 0.717) is 0 Å². The highest BCUT2D eigenvalue weighted by Gasteiger charge is 2.10. The molecule has 2 aromatic rings. The molecule has 0 aliphatic heterocycles. The molecular weight excluding hydrogens is 168 g/mol. The highest BCUT2D eigenvalue weighted by molar-refractivity contribution is 5.94. The van der Waals surface area contributed by atoms with Gasteiger partial charge in [0.15, 0.2) is 0 Å². The summed E-state index contributed by atoms with van der Waals surface area (Å²) in [7, 11) is 1.73. The summed E-state index contributed by atoms with van der Waals surface area (Å²) in [5.41, 5.74) is 1.16. The summed E-state index contributed by atoms with van der Waals surface area (Å²) in [4.78, 5) is 14.7. The van der Waals surface area contributed by atoms with Gasteiger partial charge in [0.05, 0.1) is 5.52 Å². The van der Waals surface area contributed by atoms with E-state index in [1.54, 1.807) is 36.1 Å². The van der Waals surface area contributed by atoms with Crippen LogP contribution in [-0.2, 0) is 7.05 Å². The Morgan fingerprint density at radius 1 is 1.62 bits per heavy atom. The van der Waals surface area contributed by atoms with Gasteiger partial charge in [-0.05, 0) is 12.1 Å². The van der Waals surface area contributed by atoms with Crippen molar-refractivity contribution in [3.63, 3.8) is 0 Å². The predicted molar refractivity (Wildman–Crippen MR) is 47.7 cm³/mol. The minimum Gasteiger partial charge on any atom is -0.477 e. The molecule has 2 aromatic heterocycles. The van der Waals surface area contributed by atoms with E-state index in [2.05, 4.69) is 4.98 Å². The van der Waals surface area contributed by atoms with Crippen LogP contribution in [0.25, 0.3) is 10.9 Å². The Labute approximate surface area is 74.4 Å². The van der Waals surface area contributed by atoms with E-state index in [1.165, 1.54) is 0 Å². The second-order valence-electron chi connectivity index (χ2n) is 2.83. The molecule has 0 unspecified atom stereocenters. The number of carbonyl (C=O) groups is 1. The Hall–Kier alpha value is -1.84. The molecule has 0 amide bonds. The van der Waals surface area contributed by atoms with Gasteiger partial charge in [0, 0.05) is 24.8 Å². The molecule has 2 rings (SSSR count). The highest BCUT2D eigenvalue weighted by Crippen LogP contribution is 2.16. The number of aromatic carboxylic acids is 1. The molecule has 0 saturated carbocycles. The number of nitrogens with zero attached hydrogens (tertiary/aromatic N) is 2. The number of hydrogen-bond donors (Lipinski definition) is 1. The maximum Gasteiger partial charge on any atom is 0.352 e. The van der Waals surface area contributed by atoms with Crippen molar-refractivity contribution in [2.75, 3.05) is 0 Å². The third-order valence-corrected chi connectivity index (χ3v) is 2.06. The van der Waals surface area contributed by atoms with Crippen LogP contribution >= 0.6 is 0 Å². The molecule has 0 saturated heterocycles. The van der Waals surface area contributed by atoms with E-state index < -0.39 is 5.97 Å². The van der Waals surface area contributed by atoms with E-state index >= 15 is 0 Å². The van der Waals surface area contributed by atoms with Crippen LogP contribution in [0.2, 0.25) is 0 Å². The van der Waals surface area contributed by atoms with Gasteiger partial charge < -0.3 is 9.67 Å². The van der Waals surface area contributed by atoms with Crippen LogP contribution in [0.15, 0.2) is 24.5 Å². The molecule has 0 spiro atoms. The molecule has 0 aliphatic rings. The summed E-state index contributed by atoms with van der Waals surface area (Å²) in [6, 6.07) is 3.41. The maximum absolute atomic E-state index is 10.8. The quantitative estimate of drug-likeness (QED) is 0.711. The number of carboxylic acids is 1. The zero-order valence-corrected chi connectivity index (χ0v) is 7.06. The zero-order valence-electron chi connectivity index (χ0n) is 7.06. The fraction of sp³-hybridized carbons (Fsp3) is 0.111. The van der Waals surface area contributed by atoms with E-state index in [0.717, 1.165) is 10.9 Å². The van der Waals surface area contributed by atoms with Crippen LogP contribution in [-0.4, -0.2) is 20.6 Å². The number of carboxylic acid groups (broad SMARTS) is 1. The lowest BCUT2D eigenvalue weighted by Gasteiger charge is -1.97. The molecule has 0 aliphatic carbocycles. The number of fused-ring (bicyclic) bond motifs is 1. The molecule has 4 nitrogen and oxygen atoms in total. The predicted octanol–water partition coefficient (Wildman–Crippen LogP) is 1.27. The highest BCUT2D eigenvalue weighted by atomic mass is 16.4. The number of rotatable bonds is 1. The fourth-order valence-electron chi connectivity index (χ4n) is 1.40. The van der Waals surface area contributed by atoms with E-state index in [4.69, 9.17) is 5.11 Å². The topological polar surface area (TPSA) is 55.1 Å². The minimum atomic E-state index is -0.918. The molecule has 0 fully saturated rings. The lowest BCUT2D eigenvalue weighted by molar-refractivity contribution is 0.0687. The first-order valence-corrected chi connectivity index (χ1v) is 3.83. The molecule has 2 heterocycles. The summed E-state index contributed by atoms with van der Waals surface area (Å²) in [5, 5.41) is 9.67. The summed E-state index contributed by atoms with van der Waals surface area (Å²) >= 11 is 0. The maximum atomic E-state index is 10.8. The van der Waals surface area contributed by atoms with Crippen molar-refractivity contribution in [2.24, 2.45) is 7.05 Å². The summed E-state index contributed by atoms with van der Waals surface area (Å²) in [6.07, 6.45) is 3.30. The fourth-order valence-corrected chi connectivity index (χ4v) is 1.40. The summed E-state index contributed by atoms with van der Waals surface area (Å²) < 4.78 is 1.64. The van der Waals surface area contributed by atoms with Gasteiger partial charge in [0.25, 0.3) is 0 Å². The van der Waals surface area contributed by atoms with Crippen LogP contribution in [0.3, 0.4) is 0 Å². The Morgan fingerprint density at radius 2 is 2.38 bits per heavy atom. The molecule has 66 valence electrons. The smallest absolute Gasteiger partial charge is 0.352 e. The molecule has 0 atom stereocenters. The summed E-state index contributed by atoms with van der Waals surface area (Å²) in [5.74, 6) is -0.918. The van der Waals surface area contributed by atoms with Gasteiger partial charge >= 0.3 is 5.97 Å². The van der Waals surface area contributed by atoms with E-state index in [9.17, 15) is 4.79 Å². The van der Waals surface area contributed by atoms with Crippen molar-refractivity contribution in [1.29, 1.82) is 0 Å². The van der Waals surface area contributed by atoms with Gasteiger partial charge in [-0.3, -0.25) is 4.98 Å². The first-order chi connectivity index (χ1) is 6.20. The van der Waals surface area contributed by atoms with Gasteiger partial charge in [-0.2, -0.15) is 0 Å². The van der Waals surface area contributed by atoms with Gasteiger partial charge in [-0.1, -0.05) is 0 Å². The number of pyridine rings is 1. The Morgan fingerprint density at radius 3 is 3.00 bits per heavy atom. The number of hydrogen-bond acceptors (Lipinski definition) is 2. The van der Waals surface area contributed by atoms with Crippen molar-refractivity contribution < 1.29 is 9.90 Å². The molecule has 0 radical (unpaired) electrons. The Bertz CT molecular complexity index is 473. The normalized spacial score (nSPS) is 10.5. The van der Waals surface area contributed by atoms with Crippen molar-refractivity contribution in [3.05, 3.63) is 30.2 Å². The molecule has 13 heavy (non-hydrogen) atoms. The first-order valence-electron chi connectivity index (χ1n) is 3.83. The SMILES string of the molecule is Cn1c(C(=O)O)cc2cnccc21. The zero-order chi connectivity index (χ0) is 9.42. The van der Waals surface area contributed by atoms with Crippen LogP contribution in [0.5, 0.6) is 0 Å². The summed E-state index contributed by atoms with van der Waals surface area (Å²) in [6.45, 7) is 0. The number of aryl methyl sites for hydroxylation is 1. The van der Waals surface area contributed by atoms with E-state index in [1.807, 2.05) is 0 Å². The second-order valence-corrected chi connectivity index (χ2v) is 2.83. The Balaban J connectivity index is 2.81. The molecule has 1 N–H and O–H groups in total. The first kappa shape index (κ1) is 7.79. The van der Waals surface area contributed by atoms with E-state index in [-0.39, 0.29) is 5.69 Å². The largest absolute Gasteiger partial charge is 0.477 e. The average Bonchev–Trinajstić information content (AvgIpc) is 2.45.